The van der Waals surface area contributed by atoms with E-state index in [0.717, 1.165) is 16.8 Å². The summed E-state index contributed by atoms with van der Waals surface area (Å²) in [5, 5.41) is 1.38. The Labute approximate surface area is 126 Å². The fraction of sp³-hybridized carbons (Fsp3) is 0.0625. The molecule has 1 nitrogen and oxygen atoms in total. The molecule has 0 aliphatic carbocycles. The topological polar surface area (TPSA) is 12.9 Å². The molecule has 0 amide bonds. The molecule has 2 aromatic carbocycles. The van der Waals surface area contributed by atoms with E-state index in [9.17, 15) is 4.39 Å². The summed E-state index contributed by atoms with van der Waals surface area (Å²) in [7, 11) is 0. The zero-order chi connectivity index (χ0) is 14.3. The number of hydrogen-bond acceptors (Lipinski definition) is 1. The van der Waals surface area contributed by atoms with Crippen molar-refractivity contribution >= 4 is 34.1 Å². The third-order valence-corrected chi connectivity index (χ3v) is 3.99. The van der Waals surface area contributed by atoms with Gasteiger partial charge in [-0.3, -0.25) is 0 Å². The van der Waals surface area contributed by atoms with Gasteiger partial charge >= 0.3 is 0 Å². The van der Waals surface area contributed by atoms with E-state index in [-0.39, 0.29) is 5.02 Å². The molecular weight excluding hydrogens is 296 g/mol. The molecule has 0 bridgehead atoms. The van der Waals surface area contributed by atoms with Gasteiger partial charge in [-0.05, 0) is 18.6 Å². The molecule has 0 aliphatic rings. The van der Waals surface area contributed by atoms with Gasteiger partial charge in [-0.25, -0.2) is 9.37 Å². The zero-order valence-electron chi connectivity index (χ0n) is 10.6. The van der Waals surface area contributed by atoms with Crippen LogP contribution in [0, 0.1) is 12.7 Å². The molecule has 0 unspecified atom stereocenters. The van der Waals surface area contributed by atoms with E-state index in [4.69, 9.17) is 23.2 Å². The van der Waals surface area contributed by atoms with E-state index in [2.05, 4.69) is 4.98 Å². The predicted octanol–water partition coefficient (Wildman–Crippen LogP) is 5.66. The first-order valence-corrected chi connectivity index (χ1v) is 6.84. The molecule has 20 heavy (non-hydrogen) atoms. The molecule has 100 valence electrons. The van der Waals surface area contributed by atoms with E-state index in [1.807, 2.05) is 37.3 Å². The van der Waals surface area contributed by atoms with Crippen LogP contribution in [0.2, 0.25) is 10.0 Å². The molecule has 1 aromatic heterocycles. The first-order valence-electron chi connectivity index (χ1n) is 6.08. The Morgan fingerprint density at radius 3 is 2.45 bits per heavy atom. The van der Waals surface area contributed by atoms with Crippen LogP contribution >= 0.6 is 23.2 Å². The second-order valence-electron chi connectivity index (χ2n) is 4.55. The molecule has 4 heteroatoms. The summed E-state index contributed by atoms with van der Waals surface area (Å²) in [6, 6.07) is 12.3. The first kappa shape index (κ1) is 13.3. The van der Waals surface area contributed by atoms with Gasteiger partial charge in [0.25, 0.3) is 0 Å². The summed E-state index contributed by atoms with van der Waals surface area (Å²) >= 11 is 12.5. The molecule has 1 heterocycles. The lowest BCUT2D eigenvalue weighted by Gasteiger charge is -2.11. The lowest BCUT2D eigenvalue weighted by Crippen LogP contribution is -1.93. The van der Waals surface area contributed by atoms with Crippen LogP contribution in [0.15, 0.2) is 42.5 Å². The molecule has 0 saturated carbocycles. The molecule has 0 N–H and O–H groups in total. The van der Waals surface area contributed by atoms with Gasteiger partial charge in [-0.2, -0.15) is 0 Å². The molecule has 3 rings (SSSR count). The molecule has 0 saturated heterocycles. The molecule has 0 spiro atoms. The van der Waals surface area contributed by atoms with Crippen LogP contribution in [0.5, 0.6) is 0 Å². The van der Waals surface area contributed by atoms with Crippen molar-refractivity contribution in [2.24, 2.45) is 0 Å². The highest BCUT2D eigenvalue weighted by atomic mass is 35.5. The van der Waals surface area contributed by atoms with Gasteiger partial charge in [0.15, 0.2) is 0 Å². The number of aromatic nitrogens is 1. The Morgan fingerprint density at radius 1 is 1.05 bits per heavy atom. The summed E-state index contributed by atoms with van der Waals surface area (Å²) in [6.45, 7) is 1.89. The van der Waals surface area contributed by atoms with Gasteiger partial charge in [0.1, 0.15) is 5.82 Å². The van der Waals surface area contributed by atoms with Crippen molar-refractivity contribution in [2.75, 3.05) is 0 Å². The van der Waals surface area contributed by atoms with Crippen LogP contribution in [-0.2, 0) is 0 Å². The van der Waals surface area contributed by atoms with E-state index in [1.54, 1.807) is 0 Å². The van der Waals surface area contributed by atoms with Gasteiger partial charge < -0.3 is 0 Å². The standard InChI is InChI=1S/C16H10Cl2FN/c1-9-15(18)14-12(17)7-11(19)8-13(14)20-16(9)10-5-3-2-4-6-10/h2-8H,1H3. The van der Waals surface area contributed by atoms with Crippen molar-refractivity contribution in [1.82, 2.24) is 4.98 Å². The smallest absolute Gasteiger partial charge is 0.126 e. The molecule has 0 fully saturated rings. The Hall–Kier alpha value is -1.64. The maximum Gasteiger partial charge on any atom is 0.126 e. The van der Waals surface area contributed by atoms with Crippen LogP contribution in [0.4, 0.5) is 4.39 Å². The molecular formula is C16H10Cl2FN. The summed E-state index contributed by atoms with van der Waals surface area (Å²) in [6.07, 6.45) is 0. The number of benzene rings is 2. The first-order chi connectivity index (χ1) is 9.58. The maximum absolute atomic E-state index is 13.5. The summed E-state index contributed by atoms with van der Waals surface area (Å²) < 4.78 is 13.5. The second-order valence-corrected chi connectivity index (χ2v) is 5.33. The highest BCUT2D eigenvalue weighted by molar-refractivity contribution is 6.42. The summed E-state index contributed by atoms with van der Waals surface area (Å²) in [5.41, 5.74) is 2.97. The van der Waals surface area contributed by atoms with Crippen LogP contribution in [0.3, 0.4) is 0 Å². The van der Waals surface area contributed by atoms with E-state index in [0.29, 0.717) is 15.9 Å². The Morgan fingerprint density at radius 2 is 1.75 bits per heavy atom. The zero-order valence-corrected chi connectivity index (χ0v) is 12.1. The second kappa shape index (κ2) is 5.04. The molecule has 0 aliphatic heterocycles. The normalized spacial score (nSPS) is 11.0. The van der Waals surface area contributed by atoms with Crippen molar-refractivity contribution in [3.63, 3.8) is 0 Å². The lowest BCUT2D eigenvalue weighted by molar-refractivity contribution is 0.629. The fourth-order valence-corrected chi connectivity index (χ4v) is 2.87. The number of halogens is 3. The number of hydrogen-bond donors (Lipinski definition) is 0. The minimum absolute atomic E-state index is 0.278. The third kappa shape index (κ3) is 2.15. The van der Waals surface area contributed by atoms with E-state index < -0.39 is 5.82 Å². The van der Waals surface area contributed by atoms with E-state index >= 15 is 0 Å². The molecule has 3 aromatic rings. The molecule has 0 radical (unpaired) electrons. The average Bonchev–Trinajstić information content (AvgIpc) is 2.43. The Kier molecular flexibility index (Phi) is 3.36. The van der Waals surface area contributed by atoms with Gasteiger partial charge in [0, 0.05) is 17.0 Å². The monoisotopic (exact) mass is 305 g/mol. The molecule has 0 atom stereocenters. The van der Waals surface area contributed by atoms with Gasteiger partial charge in [-0.15, -0.1) is 0 Å². The summed E-state index contributed by atoms with van der Waals surface area (Å²) in [5.74, 6) is -0.422. The number of fused-ring (bicyclic) bond motifs is 1. The van der Waals surface area contributed by atoms with E-state index in [1.165, 1.54) is 12.1 Å². The minimum atomic E-state index is -0.422. The Bertz CT molecular complexity index is 801. The van der Waals surface area contributed by atoms with Crippen molar-refractivity contribution < 1.29 is 4.39 Å². The number of pyridine rings is 1. The van der Waals surface area contributed by atoms with Crippen molar-refractivity contribution in [3.8, 4) is 11.3 Å². The SMILES string of the molecule is Cc1c(-c2ccccc2)nc2cc(F)cc(Cl)c2c1Cl. The van der Waals surface area contributed by atoms with Gasteiger partial charge in [0.05, 0.1) is 21.3 Å². The third-order valence-electron chi connectivity index (χ3n) is 3.22. The largest absolute Gasteiger partial charge is 0.247 e. The highest BCUT2D eigenvalue weighted by Crippen LogP contribution is 2.36. The maximum atomic E-state index is 13.5. The van der Waals surface area contributed by atoms with Crippen molar-refractivity contribution in [3.05, 3.63) is 63.9 Å². The van der Waals surface area contributed by atoms with Crippen LogP contribution < -0.4 is 0 Å². The average molecular weight is 306 g/mol. The van der Waals surface area contributed by atoms with Crippen LogP contribution in [-0.4, -0.2) is 4.98 Å². The lowest BCUT2D eigenvalue weighted by atomic mass is 10.0. The quantitative estimate of drug-likeness (QED) is 0.565. The number of nitrogens with zero attached hydrogens (tertiary/aromatic N) is 1. The fourth-order valence-electron chi connectivity index (χ4n) is 2.24. The Balaban J connectivity index is 2.39. The number of rotatable bonds is 1. The van der Waals surface area contributed by atoms with Gasteiger partial charge in [0.2, 0.25) is 0 Å². The summed E-state index contributed by atoms with van der Waals surface area (Å²) in [4.78, 5) is 4.52. The van der Waals surface area contributed by atoms with Crippen LogP contribution in [0.25, 0.3) is 22.2 Å². The van der Waals surface area contributed by atoms with Crippen molar-refractivity contribution in [1.29, 1.82) is 0 Å². The van der Waals surface area contributed by atoms with Crippen LogP contribution in [0.1, 0.15) is 5.56 Å². The predicted molar refractivity (Wildman–Crippen MR) is 81.9 cm³/mol. The minimum Gasteiger partial charge on any atom is -0.247 e. The van der Waals surface area contributed by atoms with Gasteiger partial charge in [-0.1, -0.05) is 53.5 Å². The van der Waals surface area contributed by atoms with Crippen molar-refractivity contribution in [2.45, 2.75) is 6.92 Å². The highest BCUT2D eigenvalue weighted by Gasteiger charge is 2.15.